The molecule has 1 aromatic carbocycles. The van der Waals surface area contributed by atoms with E-state index in [2.05, 4.69) is 17.1 Å². The highest BCUT2D eigenvalue weighted by Gasteiger charge is 2.31. The molecule has 1 fully saturated rings. The number of piperidine rings is 1. The van der Waals surface area contributed by atoms with Crippen LogP contribution in [-0.2, 0) is 4.79 Å². The molecule has 0 bridgehead atoms. The molecule has 0 spiro atoms. The van der Waals surface area contributed by atoms with Crippen molar-refractivity contribution in [3.63, 3.8) is 0 Å². The summed E-state index contributed by atoms with van der Waals surface area (Å²) in [7, 11) is 0. The summed E-state index contributed by atoms with van der Waals surface area (Å²) in [4.78, 5) is 19.2. The molecule has 2 aromatic rings. The number of carbonyl (C=O) groups is 1. The fraction of sp³-hybridized carbons (Fsp3) is 0.550. The van der Waals surface area contributed by atoms with Crippen LogP contribution in [0.15, 0.2) is 28.8 Å². The summed E-state index contributed by atoms with van der Waals surface area (Å²) in [6, 6.07) is 7.99. The number of carbonyl (C=O) groups excluding carboxylic acids is 1. The van der Waals surface area contributed by atoms with Gasteiger partial charge in [-0.15, -0.1) is 0 Å². The maximum absolute atomic E-state index is 12.6. The van der Waals surface area contributed by atoms with E-state index >= 15 is 0 Å². The van der Waals surface area contributed by atoms with Gasteiger partial charge in [-0.2, -0.15) is 4.98 Å². The Bertz CT molecular complexity index is 710. The second kappa shape index (κ2) is 8.28. The zero-order chi connectivity index (χ0) is 17.6. The number of benzene rings is 1. The molecule has 2 heterocycles. The Hall–Kier alpha value is -2.17. The standard InChI is InChI=1S/C20H27N3O2/c1-3-4-5-12-18(24)23-13-7-6-11-17(23)20-21-19(22-25-20)16-10-8-9-15(2)14-16/h8-10,14,17H,3-7,11-13H2,1-2H3. The van der Waals surface area contributed by atoms with E-state index in [9.17, 15) is 4.79 Å². The Labute approximate surface area is 149 Å². The molecule has 1 atom stereocenters. The first-order valence-electron chi connectivity index (χ1n) is 9.39. The van der Waals surface area contributed by atoms with Crippen LogP contribution in [0.3, 0.4) is 0 Å². The average molecular weight is 341 g/mol. The SMILES string of the molecule is CCCCCC(=O)N1CCCCC1c1nc(-c2cccc(C)c2)no1. The lowest BCUT2D eigenvalue weighted by atomic mass is 10.0. The lowest BCUT2D eigenvalue weighted by Gasteiger charge is -2.33. The highest BCUT2D eigenvalue weighted by Crippen LogP contribution is 2.32. The number of likely N-dealkylation sites (tertiary alicyclic amines) is 1. The lowest BCUT2D eigenvalue weighted by molar-refractivity contribution is -0.135. The summed E-state index contributed by atoms with van der Waals surface area (Å²) in [6.45, 7) is 4.99. The van der Waals surface area contributed by atoms with E-state index in [1.54, 1.807) is 0 Å². The van der Waals surface area contributed by atoms with Crippen LogP contribution in [0, 0.1) is 6.92 Å². The third-order valence-corrected chi connectivity index (χ3v) is 4.82. The fourth-order valence-electron chi connectivity index (χ4n) is 3.43. The molecule has 25 heavy (non-hydrogen) atoms. The molecule has 0 saturated carbocycles. The van der Waals surface area contributed by atoms with E-state index in [0.717, 1.165) is 56.2 Å². The van der Waals surface area contributed by atoms with Gasteiger partial charge in [0.1, 0.15) is 6.04 Å². The van der Waals surface area contributed by atoms with Crippen LogP contribution in [-0.4, -0.2) is 27.5 Å². The lowest BCUT2D eigenvalue weighted by Crippen LogP contribution is -2.38. The van der Waals surface area contributed by atoms with Crippen molar-refractivity contribution in [3.05, 3.63) is 35.7 Å². The highest BCUT2D eigenvalue weighted by molar-refractivity contribution is 5.76. The van der Waals surface area contributed by atoms with Crippen molar-refractivity contribution in [3.8, 4) is 11.4 Å². The summed E-state index contributed by atoms with van der Waals surface area (Å²) in [6.07, 6.45) is 6.83. The Kier molecular flexibility index (Phi) is 5.84. The normalized spacial score (nSPS) is 17.7. The van der Waals surface area contributed by atoms with Crippen LogP contribution in [0.4, 0.5) is 0 Å². The van der Waals surface area contributed by atoms with Gasteiger partial charge in [0.25, 0.3) is 0 Å². The number of nitrogens with zero attached hydrogens (tertiary/aromatic N) is 3. The summed E-state index contributed by atoms with van der Waals surface area (Å²) < 4.78 is 5.55. The van der Waals surface area contributed by atoms with Crippen LogP contribution in [0.25, 0.3) is 11.4 Å². The van der Waals surface area contributed by atoms with Gasteiger partial charge in [0.2, 0.25) is 17.6 Å². The van der Waals surface area contributed by atoms with E-state index in [1.165, 1.54) is 0 Å². The predicted molar refractivity (Wildman–Crippen MR) is 96.9 cm³/mol. The maximum atomic E-state index is 12.6. The van der Waals surface area contributed by atoms with E-state index in [1.807, 2.05) is 36.1 Å². The molecule has 5 nitrogen and oxygen atoms in total. The van der Waals surface area contributed by atoms with E-state index in [-0.39, 0.29) is 11.9 Å². The second-order valence-corrected chi connectivity index (χ2v) is 6.88. The second-order valence-electron chi connectivity index (χ2n) is 6.88. The van der Waals surface area contributed by atoms with E-state index in [4.69, 9.17) is 4.52 Å². The van der Waals surface area contributed by atoms with Crippen LogP contribution >= 0.6 is 0 Å². The molecular formula is C20H27N3O2. The van der Waals surface area contributed by atoms with Gasteiger partial charge in [-0.1, -0.05) is 48.7 Å². The molecule has 0 radical (unpaired) electrons. The third kappa shape index (κ3) is 4.27. The minimum atomic E-state index is -0.0751. The molecule has 1 aliphatic rings. The van der Waals surface area contributed by atoms with Gasteiger partial charge < -0.3 is 9.42 Å². The minimum absolute atomic E-state index is 0.0751. The predicted octanol–water partition coefficient (Wildman–Crippen LogP) is 4.68. The summed E-state index contributed by atoms with van der Waals surface area (Å²) in [5.74, 6) is 1.39. The maximum Gasteiger partial charge on any atom is 0.249 e. The van der Waals surface area contributed by atoms with Crippen molar-refractivity contribution in [1.29, 1.82) is 0 Å². The zero-order valence-corrected chi connectivity index (χ0v) is 15.2. The molecule has 1 aromatic heterocycles. The van der Waals surface area contributed by atoms with Crippen molar-refractivity contribution in [2.45, 2.75) is 64.8 Å². The number of rotatable bonds is 6. The number of unbranched alkanes of at least 4 members (excludes halogenated alkanes) is 2. The fourth-order valence-corrected chi connectivity index (χ4v) is 3.43. The minimum Gasteiger partial charge on any atom is -0.337 e. The molecule has 1 unspecified atom stereocenters. The Morgan fingerprint density at radius 2 is 2.20 bits per heavy atom. The van der Waals surface area contributed by atoms with Gasteiger partial charge >= 0.3 is 0 Å². The van der Waals surface area contributed by atoms with Gasteiger partial charge in [-0.05, 0) is 38.7 Å². The monoisotopic (exact) mass is 341 g/mol. The smallest absolute Gasteiger partial charge is 0.249 e. The molecule has 1 aliphatic heterocycles. The number of hydrogen-bond acceptors (Lipinski definition) is 4. The van der Waals surface area contributed by atoms with Gasteiger partial charge in [0.15, 0.2) is 0 Å². The number of hydrogen-bond donors (Lipinski definition) is 0. The summed E-state index contributed by atoms with van der Waals surface area (Å²) in [5, 5.41) is 4.15. The zero-order valence-electron chi connectivity index (χ0n) is 15.2. The number of amides is 1. The summed E-state index contributed by atoms with van der Waals surface area (Å²) >= 11 is 0. The first-order chi connectivity index (χ1) is 12.2. The molecule has 134 valence electrons. The molecule has 1 saturated heterocycles. The van der Waals surface area contributed by atoms with Gasteiger partial charge in [-0.25, -0.2) is 0 Å². The van der Waals surface area contributed by atoms with E-state index < -0.39 is 0 Å². The Balaban J connectivity index is 1.75. The van der Waals surface area contributed by atoms with Crippen LogP contribution in [0.2, 0.25) is 0 Å². The van der Waals surface area contributed by atoms with Crippen LogP contribution in [0.1, 0.15) is 69.4 Å². The molecule has 0 aliphatic carbocycles. The number of aryl methyl sites for hydroxylation is 1. The van der Waals surface area contributed by atoms with Gasteiger partial charge in [0, 0.05) is 18.5 Å². The van der Waals surface area contributed by atoms with Crippen molar-refractivity contribution in [2.24, 2.45) is 0 Å². The largest absolute Gasteiger partial charge is 0.337 e. The first kappa shape index (κ1) is 17.6. The highest BCUT2D eigenvalue weighted by atomic mass is 16.5. The third-order valence-electron chi connectivity index (χ3n) is 4.82. The Morgan fingerprint density at radius 1 is 1.32 bits per heavy atom. The van der Waals surface area contributed by atoms with Crippen LogP contribution < -0.4 is 0 Å². The molecule has 5 heteroatoms. The molecular weight excluding hydrogens is 314 g/mol. The van der Waals surface area contributed by atoms with Crippen molar-refractivity contribution < 1.29 is 9.32 Å². The topological polar surface area (TPSA) is 59.2 Å². The van der Waals surface area contributed by atoms with E-state index in [0.29, 0.717) is 18.1 Å². The van der Waals surface area contributed by atoms with Crippen LogP contribution in [0.5, 0.6) is 0 Å². The molecule has 3 rings (SSSR count). The molecule has 1 amide bonds. The average Bonchev–Trinajstić information content (AvgIpc) is 3.12. The van der Waals surface area contributed by atoms with Gasteiger partial charge in [-0.3, -0.25) is 4.79 Å². The Morgan fingerprint density at radius 3 is 3.00 bits per heavy atom. The number of aromatic nitrogens is 2. The molecule has 0 N–H and O–H groups in total. The van der Waals surface area contributed by atoms with Gasteiger partial charge in [0.05, 0.1) is 0 Å². The van der Waals surface area contributed by atoms with Crippen molar-refractivity contribution in [2.75, 3.05) is 6.54 Å². The van der Waals surface area contributed by atoms with Crippen molar-refractivity contribution in [1.82, 2.24) is 15.0 Å². The first-order valence-corrected chi connectivity index (χ1v) is 9.39. The van der Waals surface area contributed by atoms with Crippen molar-refractivity contribution >= 4 is 5.91 Å². The quantitative estimate of drug-likeness (QED) is 0.716. The summed E-state index contributed by atoms with van der Waals surface area (Å²) in [5.41, 5.74) is 2.11.